The largest absolute Gasteiger partial charge is 0.493 e. The Labute approximate surface area is 151 Å². The van der Waals surface area contributed by atoms with E-state index in [1.807, 2.05) is 12.1 Å². The van der Waals surface area contributed by atoms with E-state index in [0.29, 0.717) is 18.0 Å². The van der Waals surface area contributed by atoms with Crippen molar-refractivity contribution in [3.8, 4) is 5.75 Å². The van der Waals surface area contributed by atoms with E-state index < -0.39 is 5.82 Å². The van der Waals surface area contributed by atoms with Crippen LogP contribution in [0.4, 0.5) is 15.8 Å². The minimum atomic E-state index is -0.453. The zero-order chi connectivity index (χ0) is 18.1. The average molecular weight is 363 g/mol. The first-order chi connectivity index (χ1) is 12.1. The summed E-state index contributed by atoms with van der Waals surface area (Å²) >= 11 is 1.14. The molecule has 0 saturated carbocycles. The van der Waals surface area contributed by atoms with Crippen molar-refractivity contribution in [1.29, 1.82) is 0 Å². The van der Waals surface area contributed by atoms with Crippen molar-refractivity contribution in [3.63, 3.8) is 0 Å². The number of nitrogens with two attached hydrogens (primary N) is 1. The number of halogens is 1. The third-order valence-electron chi connectivity index (χ3n) is 3.42. The molecule has 0 aliphatic rings. The molecule has 2 aromatic rings. The van der Waals surface area contributed by atoms with Crippen molar-refractivity contribution in [3.05, 3.63) is 48.3 Å². The van der Waals surface area contributed by atoms with Gasteiger partial charge in [0.05, 0.1) is 18.8 Å². The lowest BCUT2D eigenvalue weighted by Gasteiger charge is -2.11. The number of hydrogen-bond donors (Lipinski definition) is 3. The van der Waals surface area contributed by atoms with Crippen LogP contribution in [0.5, 0.6) is 5.75 Å². The summed E-state index contributed by atoms with van der Waals surface area (Å²) in [6, 6.07) is 11.7. The van der Waals surface area contributed by atoms with Gasteiger partial charge in [-0.05, 0) is 54.8 Å². The van der Waals surface area contributed by atoms with Gasteiger partial charge in [0.2, 0.25) is 5.91 Å². The smallest absolute Gasteiger partial charge is 0.243 e. The molecule has 134 valence electrons. The van der Waals surface area contributed by atoms with Gasteiger partial charge in [0.25, 0.3) is 0 Å². The molecule has 2 aromatic carbocycles. The lowest BCUT2D eigenvalue weighted by molar-refractivity contribution is -0.114. The fourth-order valence-electron chi connectivity index (χ4n) is 2.06. The van der Waals surface area contributed by atoms with Crippen molar-refractivity contribution in [2.45, 2.75) is 24.7 Å². The van der Waals surface area contributed by atoms with Gasteiger partial charge in [0, 0.05) is 16.6 Å². The van der Waals surface area contributed by atoms with Crippen LogP contribution in [-0.4, -0.2) is 19.1 Å². The number of ether oxygens (including phenoxy) is 1. The van der Waals surface area contributed by atoms with E-state index in [-0.39, 0.29) is 18.1 Å². The van der Waals surface area contributed by atoms with Crippen LogP contribution in [0.2, 0.25) is 0 Å². The molecular formula is C18H22FN3O2S. The molecule has 0 aliphatic heterocycles. The van der Waals surface area contributed by atoms with Crippen LogP contribution >= 0.6 is 11.9 Å². The number of anilines is 2. The van der Waals surface area contributed by atoms with Crippen molar-refractivity contribution in [1.82, 2.24) is 0 Å². The first kappa shape index (κ1) is 19.1. The van der Waals surface area contributed by atoms with Crippen LogP contribution in [0.3, 0.4) is 0 Å². The highest BCUT2D eigenvalue weighted by Gasteiger charge is 2.07. The van der Waals surface area contributed by atoms with Crippen molar-refractivity contribution >= 4 is 29.2 Å². The minimum Gasteiger partial charge on any atom is -0.493 e. The maximum atomic E-state index is 14.0. The van der Waals surface area contributed by atoms with Gasteiger partial charge in [-0.1, -0.05) is 13.3 Å². The minimum absolute atomic E-state index is 0.0413. The molecule has 1 amide bonds. The van der Waals surface area contributed by atoms with Crippen LogP contribution in [0.25, 0.3) is 0 Å². The number of rotatable bonds is 9. The summed E-state index contributed by atoms with van der Waals surface area (Å²) in [5.41, 5.74) is 0.914. The molecule has 25 heavy (non-hydrogen) atoms. The van der Waals surface area contributed by atoms with E-state index in [1.165, 1.54) is 6.07 Å². The van der Waals surface area contributed by atoms with Gasteiger partial charge < -0.3 is 15.4 Å². The lowest BCUT2D eigenvalue weighted by Crippen LogP contribution is -2.22. The summed E-state index contributed by atoms with van der Waals surface area (Å²) in [4.78, 5) is 12.8. The highest BCUT2D eigenvalue weighted by Crippen LogP contribution is 2.21. The quantitative estimate of drug-likeness (QED) is 0.463. The molecule has 0 saturated heterocycles. The van der Waals surface area contributed by atoms with E-state index in [0.717, 1.165) is 29.7 Å². The number of benzene rings is 2. The first-order valence-corrected chi connectivity index (χ1v) is 8.93. The summed E-state index contributed by atoms with van der Waals surface area (Å²) in [6.07, 6.45) is 1.94. The van der Waals surface area contributed by atoms with E-state index in [1.54, 1.807) is 24.3 Å². The van der Waals surface area contributed by atoms with Gasteiger partial charge in [-0.2, -0.15) is 0 Å². The van der Waals surface area contributed by atoms with Gasteiger partial charge >= 0.3 is 0 Å². The predicted molar refractivity (Wildman–Crippen MR) is 100 cm³/mol. The SMILES string of the molecule is CCCCOc1ccc(NCC(=O)Nc2ccc(SN)cc2)c(F)c1. The van der Waals surface area contributed by atoms with Gasteiger partial charge in [-0.3, -0.25) is 9.93 Å². The van der Waals surface area contributed by atoms with Crippen molar-refractivity contribution < 1.29 is 13.9 Å². The highest BCUT2D eigenvalue weighted by atomic mass is 32.2. The molecule has 0 atom stereocenters. The maximum absolute atomic E-state index is 14.0. The Morgan fingerprint density at radius 2 is 2.00 bits per heavy atom. The second-order valence-electron chi connectivity index (χ2n) is 5.39. The molecule has 0 aromatic heterocycles. The molecule has 0 radical (unpaired) electrons. The normalized spacial score (nSPS) is 10.4. The molecule has 5 nitrogen and oxygen atoms in total. The van der Waals surface area contributed by atoms with Gasteiger partial charge in [-0.25, -0.2) is 4.39 Å². The van der Waals surface area contributed by atoms with Crippen LogP contribution in [-0.2, 0) is 4.79 Å². The standard InChI is InChI=1S/C18H22FN3O2S/c1-2-3-10-24-14-6-9-17(16(19)11-14)21-12-18(23)22-13-4-7-15(25-20)8-5-13/h4-9,11,21H,2-3,10,12,20H2,1H3,(H,22,23). The molecule has 2 rings (SSSR count). The summed E-state index contributed by atoms with van der Waals surface area (Å²) in [7, 11) is 0. The molecule has 0 fully saturated rings. The third kappa shape index (κ3) is 6.28. The fourth-order valence-corrected chi connectivity index (χ4v) is 2.35. The predicted octanol–water partition coefficient (Wildman–Crippen LogP) is 4.02. The molecule has 0 aliphatic carbocycles. The number of nitrogens with one attached hydrogen (secondary N) is 2. The van der Waals surface area contributed by atoms with Crippen LogP contribution in [0, 0.1) is 5.82 Å². The topological polar surface area (TPSA) is 76.4 Å². The van der Waals surface area contributed by atoms with E-state index in [2.05, 4.69) is 17.6 Å². The van der Waals surface area contributed by atoms with Gasteiger partial charge in [0.1, 0.15) is 11.6 Å². The van der Waals surface area contributed by atoms with Gasteiger partial charge in [-0.15, -0.1) is 0 Å². The summed E-state index contributed by atoms with van der Waals surface area (Å²) in [6.45, 7) is 2.58. The Kier molecular flexibility index (Phi) is 7.56. The monoisotopic (exact) mass is 363 g/mol. The molecule has 0 heterocycles. The molecule has 7 heteroatoms. The Bertz CT molecular complexity index is 695. The summed E-state index contributed by atoms with van der Waals surface area (Å²) < 4.78 is 19.5. The Morgan fingerprint density at radius 1 is 1.24 bits per heavy atom. The number of unbranched alkanes of at least 4 members (excludes halogenated alkanes) is 1. The second kappa shape index (κ2) is 9.90. The Balaban J connectivity index is 1.84. The van der Waals surface area contributed by atoms with Crippen molar-refractivity contribution in [2.24, 2.45) is 5.14 Å². The first-order valence-electron chi connectivity index (χ1n) is 8.05. The Hall–Kier alpha value is -2.25. The Morgan fingerprint density at radius 3 is 2.64 bits per heavy atom. The zero-order valence-electron chi connectivity index (χ0n) is 14.0. The molecule has 4 N–H and O–H groups in total. The third-order valence-corrected chi connectivity index (χ3v) is 3.97. The second-order valence-corrected chi connectivity index (χ2v) is 6.09. The summed E-state index contributed by atoms with van der Waals surface area (Å²) in [5.74, 6) is -0.235. The fraction of sp³-hybridized carbons (Fsp3) is 0.278. The number of carbonyl (C=O) groups is 1. The molecular weight excluding hydrogens is 341 g/mol. The number of hydrogen-bond acceptors (Lipinski definition) is 5. The number of amides is 1. The lowest BCUT2D eigenvalue weighted by atomic mass is 10.2. The van der Waals surface area contributed by atoms with Crippen molar-refractivity contribution in [2.75, 3.05) is 23.8 Å². The average Bonchev–Trinajstić information content (AvgIpc) is 2.62. The number of carbonyl (C=O) groups excluding carboxylic acids is 1. The molecule has 0 spiro atoms. The van der Waals surface area contributed by atoms with Crippen LogP contribution < -0.4 is 20.5 Å². The highest BCUT2D eigenvalue weighted by molar-refractivity contribution is 7.97. The molecule has 0 unspecified atom stereocenters. The van der Waals surface area contributed by atoms with E-state index >= 15 is 0 Å². The van der Waals surface area contributed by atoms with Crippen LogP contribution in [0.15, 0.2) is 47.4 Å². The summed E-state index contributed by atoms with van der Waals surface area (Å²) in [5, 5.41) is 11.0. The van der Waals surface area contributed by atoms with E-state index in [4.69, 9.17) is 9.88 Å². The van der Waals surface area contributed by atoms with E-state index in [9.17, 15) is 9.18 Å². The van der Waals surface area contributed by atoms with Gasteiger partial charge in [0.15, 0.2) is 0 Å². The maximum Gasteiger partial charge on any atom is 0.243 e. The van der Waals surface area contributed by atoms with Crippen LogP contribution in [0.1, 0.15) is 19.8 Å². The molecule has 0 bridgehead atoms. The zero-order valence-corrected chi connectivity index (χ0v) is 14.9.